The van der Waals surface area contributed by atoms with Gasteiger partial charge in [0.2, 0.25) is 0 Å². The lowest BCUT2D eigenvalue weighted by atomic mass is 10.1. The average molecular weight is 332 g/mol. The van der Waals surface area contributed by atoms with E-state index >= 15 is 0 Å². The molecule has 0 heterocycles. The second kappa shape index (κ2) is 7.72. The molecule has 24 heavy (non-hydrogen) atoms. The van der Waals surface area contributed by atoms with Crippen molar-refractivity contribution in [3.63, 3.8) is 0 Å². The zero-order chi connectivity index (χ0) is 17.7. The fourth-order valence-corrected chi connectivity index (χ4v) is 2.52. The number of aryl methyl sites for hydroxylation is 2. The minimum Gasteiger partial charge on any atom is -0.456 e. The van der Waals surface area contributed by atoms with Crippen molar-refractivity contribution in [3.8, 4) is 0 Å². The van der Waals surface area contributed by atoms with E-state index in [2.05, 4.69) is 5.32 Å². The third-order valence-electron chi connectivity index (χ3n) is 3.99. The number of nitrogens with one attached hydrogen (secondary N) is 1. The summed E-state index contributed by atoms with van der Waals surface area (Å²) in [6.07, 6.45) is 6.10. The van der Waals surface area contributed by atoms with E-state index in [0.29, 0.717) is 0 Å². The number of benzene rings is 1. The largest absolute Gasteiger partial charge is 0.456 e. The van der Waals surface area contributed by atoms with Crippen LogP contribution < -0.4 is 5.32 Å². The highest BCUT2D eigenvalue weighted by Gasteiger charge is 2.19. The smallest absolute Gasteiger partial charge is 0.306 e. The molecule has 1 N–H and O–H groups in total. The summed E-state index contributed by atoms with van der Waals surface area (Å²) in [5, 5.41) is 13.5. The lowest BCUT2D eigenvalue weighted by Crippen LogP contribution is -2.22. The molecule has 7 heteroatoms. The summed E-state index contributed by atoms with van der Waals surface area (Å²) in [6, 6.07) is 2.94. The molecule has 0 bridgehead atoms. The molecule has 1 amide bonds. The van der Waals surface area contributed by atoms with Gasteiger partial charge in [-0.1, -0.05) is 12.2 Å². The van der Waals surface area contributed by atoms with Crippen molar-refractivity contribution in [2.75, 3.05) is 11.9 Å². The number of rotatable bonds is 6. The van der Waals surface area contributed by atoms with Crippen LogP contribution in [0.2, 0.25) is 0 Å². The topological polar surface area (TPSA) is 98.5 Å². The van der Waals surface area contributed by atoms with Gasteiger partial charge in [-0.2, -0.15) is 0 Å². The fourth-order valence-electron chi connectivity index (χ4n) is 2.52. The van der Waals surface area contributed by atoms with Gasteiger partial charge in [-0.25, -0.2) is 0 Å². The first-order valence-corrected chi connectivity index (χ1v) is 7.74. The van der Waals surface area contributed by atoms with Gasteiger partial charge in [0.15, 0.2) is 6.61 Å². The normalized spacial score (nSPS) is 16.0. The number of nitrogens with zero attached hydrogens (tertiary/aromatic N) is 1. The lowest BCUT2D eigenvalue weighted by Gasteiger charge is -2.10. The Balaban J connectivity index is 1.92. The van der Waals surface area contributed by atoms with Crippen LogP contribution in [0.4, 0.5) is 11.4 Å². The highest BCUT2D eigenvalue weighted by atomic mass is 16.6. The Morgan fingerprint density at radius 3 is 2.67 bits per heavy atom. The molecule has 2 rings (SSSR count). The van der Waals surface area contributed by atoms with Crippen molar-refractivity contribution in [2.45, 2.75) is 33.1 Å². The average Bonchev–Trinajstić information content (AvgIpc) is 3.01. The molecule has 0 unspecified atom stereocenters. The number of esters is 1. The number of nitro groups is 1. The van der Waals surface area contributed by atoms with Gasteiger partial charge in [0, 0.05) is 6.07 Å². The van der Waals surface area contributed by atoms with E-state index in [9.17, 15) is 19.7 Å². The van der Waals surface area contributed by atoms with Crippen LogP contribution in [0.15, 0.2) is 24.3 Å². The Hall–Kier alpha value is -2.70. The molecule has 1 aromatic carbocycles. The molecule has 128 valence electrons. The first-order valence-electron chi connectivity index (χ1n) is 7.74. The molecule has 0 aliphatic heterocycles. The third kappa shape index (κ3) is 4.65. The molecule has 0 spiro atoms. The third-order valence-corrected chi connectivity index (χ3v) is 3.99. The summed E-state index contributed by atoms with van der Waals surface area (Å²) in [7, 11) is 0. The quantitative estimate of drug-likeness (QED) is 0.373. The maximum absolute atomic E-state index is 11.9. The molecule has 0 saturated heterocycles. The van der Waals surface area contributed by atoms with Crippen molar-refractivity contribution in [3.05, 3.63) is 45.5 Å². The van der Waals surface area contributed by atoms with Crippen molar-refractivity contribution in [1.29, 1.82) is 0 Å². The Labute approximate surface area is 139 Å². The molecular formula is C17H20N2O5. The molecule has 0 radical (unpaired) electrons. The van der Waals surface area contributed by atoms with Crippen LogP contribution in [0.5, 0.6) is 0 Å². The SMILES string of the molecule is Cc1cc(NC(=O)COC(=O)C[C@H]2C=CCC2)c([N+](=O)[O-])cc1C. The number of hydrogen-bond acceptors (Lipinski definition) is 5. The summed E-state index contributed by atoms with van der Waals surface area (Å²) in [5.41, 5.74) is 1.49. The van der Waals surface area contributed by atoms with Crippen LogP contribution in [-0.2, 0) is 14.3 Å². The van der Waals surface area contributed by atoms with Crippen molar-refractivity contribution in [1.82, 2.24) is 0 Å². The number of carbonyl (C=O) groups excluding carboxylic acids is 2. The Morgan fingerprint density at radius 2 is 2.04 bits per heavy atom. The van der Waals surface area contributed by atoms with Crippen molar-refractivity contribution >= 4 is 23.3 Å². The van der Waals surface area contributed by atoms with Gasteiger partial charge in [-0.3, -0.25) is 19.7 Å². The van der Waals surface area contributed by atoms with Crippen LogP contribution in [-0.4, -0.2) is 23.4 Å². The Kier molecular flexibility index (Phi) is 5.68. The maximum atomic E-state index is 11.9. The molecule has 0 aromatic heterocycles. The molecule has 0 fully saturated rings. The Morgan fingerprint density at radius 1 is 1.33 bits per heavy atom. The minimum absolute atomic E-state index is 0.0999. The van der Waals surface area contributed by atoms with Crippen LogP contribution in [0.3, 0.4) is 0 Å². The number of anilines is 1. The zero-order valence-electron chi connectivity index (χ0n) is 13.7. The summed E-state index contributed by atoms with van der Waals surface area (Å²) in [4.78, 5) is 34.1. The molecule has 1 atom stereocenters. The van der Waals surface area contributed by atoms with Crippen LogP contribution in [0.1, 0.15) is 30.4 Å². The van der Waals surface area contributed by atoms with Gasteiger partial charge in [0.1, 0.15) is 5.69 Å². The van der Waals surface area contributed by atoms with Gasteiger partial charge >= 0.3 is 5.97 Å². The predicted molar refractivity (Wildman–Crippen MR) is 88.6 cm³/mol. The molecule has 0 saturated carbocycles. The molecule has 1 aliphatic rings. The number of nitro benzene ring substituents is 1. The van der Waals surface area contributed by atoms with Crippen molar-refractivity contribution in [2.24, 2.45) is 5.92 Å². The first-order chi connectivity index (χ1) is 11.4. The fraction of sp³-hybridized carbons (Fsp3) is 0.412. The number of ether oxygens (including phenoxy) is 1. The van der Waals surface area contributed by atoms with E-state index in [4.69, 9.17) is 4.74 Å². The van der Waals surface area contributed by atoms with Gasteiger partial charge in [0.05, 0.1) is 11.3 Å². The number of carbonyl (C=O) groups is 2. The lowest BCUT2D eigenvalue weighted by molar-refractivity contribution is -0.384. The van der Waals surface area contributed by atoms with E-state index in [0.717, 1.165) is 24.0 Å². The molecule has 7 nitrogen and oxygen atoms in total. The van der Waals surface area contributed by atoms with E-state index in [1.807, 2.05) is 12.2 Å². The number of amides is 1. The highest BCUT2D eigenvalue weighted by Crippen LogP contribution is 2.28. The van der Waals surface area contributed by atoms with Crippen LogP contribution in [0.25, 0.3) is 0 Å². The maximum Gasteiger partial charge on any atom is 0.306 e. The summed E-state index contributed by atoms with van der Waals surface area (Å²) in [6.45, 7) is 3.09. The molecular weight excluding hydrogens is 312 g/mol. The van der Waals surface area contributed by atoms with E-state index in [1.165, 1.54) is 12.1 Å². The van der Waals surface area contributed by atoms with Gasteiger partial charge in [-0.15, -0.1) is 0 Å². The molecule has 1 aromatic rings. The van der Waals surface area contributed by atoms with E-state index in [-0.39, 0.29) is 23.7 Å². The van der Waals surface area contributed by atoms with Gasteiger partial charge in [-0.05, 0) is 49.8 Å². The van der Waals surface area contributed by atoms with Crippen molar-refractivity contribution < 1.29 is 19.2 Å². The standard InChI is InChI=1S/C17H20N2O5/c1-11-7-14(15(19(22)23)8-12(11)2)18-16(20)10-24-17(21)9-13-5-3-4-6-13/h3,5,7-8,13H,4,6,9-10H2,1-2H3,(H,18,20)/t13-/m0/s1. The van der Waals surface area contributed by atoms with E-state index < -0.39 is 23.4 Å². The number of hydrogen-bond donors (Lipinski definition) is 1. The monoisotopic (exact) mass is 332 g/mol. The Bertz CT molecular complexity index is 696. The first kappa shape index (κ1) is 17.7. The minimum atomic E-state index is -0.600. The highest BCUT2D eigenvalue weighted by molar-refractivity contribution is 5.95. The predicted octanol–water partition coefficient (Wildman–Crippen LogP) is 3.05. The zero-order valence-corrected chi connectivity index (χ0v) is 13.7. The summed E-state index contributed by atoms with van der Waals surface area (Å²) < 4.78 is 4.94. The number of allylic oxidation sites excluding steroid dienone is 2. The molecule has 1 aliphatic carbocycles. The second-order valence-corrected chi connectivity index (χ2v) is 5.89. The van der Waals surface area contributed by atoms with Crippen LogP contribution >= 0.6 is 0 Å². The van der Waals surface area contributed by atoms with Gasteiger partial charge < -0.3 is 10.1 Å². The van der Waals surface area contributed by atoms with Crippen LogP contribution in [0, 0.1) is 29.9 Å². The summed E-state index contributed by atoms with van der Waals surface area (Å²) in [5.74, 6) is -0.880. The van der Waals surface area contributed by atoms with Gasteiger partial charge in [0.25, 0.3) is 11.6 Å². The second-order valence-electron chi connectivity index (χ2n) is 5.89. The van der Waals surface area contributed by atoms with E-state index in [1.54, 1.807) is 13.8 Å². The summed E-state index contributed by atoms with van der Waals surface area (Å²) >= 11 is 0.